The second-order valence-electron chi connectivity index (χ2n) is 8.99. The van der Waals surface area contributed by atoms with E-state index in [1.54, 1.807) is 17.8 Å². The molecule has 1 fully saturated rings. The van der Waals surface area contributed by atoms with E-state index in [2.05, 4.69) is 27.8 Å². The monoisotopic (exact) mass is 490 g/mol. The third kappa shape index (κ3) is 4.90. The Labute approximate surface area is 208 Å². The van der Waals surface area contributed by atoms with Gasteiger partial charge in [-0.3, -0.25) is 14.6 Å². The van der Waals surface area contributed by atoms with Gasteiger partial charge in [0.2, 0.25) is 11.8 Å². The molecule has 5 rings (SSSR count). The van der Waals surface area contributed by atoms with Crippen LogP contribution in [0.25, 0.3) is 0 Å². The normalized spacial score (nSPS) is 18.9. The van der Waals surface area contributed by atoms with Crippen molar-refractivity contribution in [3.8, 4) is 0 Å². The number of anilines is 2. The lowest BCUT2D eigenvalue weighted by atomic mass is 9.87. The molecule has 3 aromatic rings. The number of aryl methyl sites for hydroxylation is 1. The minimum Gasteiger partial charge on any atom is -0.366 e. The van der Waals surface area contributed by atoms with Gasteiger partial charge in [0.25, 0.3) is 0 Å². The third-order valence-corrected chi connectivity index (χ3v) is 7.20. The first-order valence-electron chi connectivity index (χ1n) is 11.5. The molecule has 1 saturated heterocycles. The molecule has 2 aliphatic rings. The van der Waals surface area contributed by atoms with Gasteiger partial charge in [-0.25, -0.2) is 9.82 Å². The molecule has 0 aromatic heterocycles. The summed E-state index contributed by atoms with van der Waals surface area (Å²) in [6.45, 7) is 3.02. The van der Waals surface area contributed by atoms with E-state index in [9.17, 15) is 14.0 Å². The first-order chi connectivity index (χ1) is 16.9. The standard InChI is InChI=1S/C27H27FN4O2S/c1-17-5-3-6-18(11-17)14-31-15-23-26(22-12-19(28)9-10-24(22)31)30-32(27(23)34)16-25(33)29-20-7-4-8-21(13-20)35-2/h3-13,23,26,30H,14-16H2,1-2H3,(H,29,33). The number of rotatable bonds is 6. The quantitative estimate of drug-likeness (QED) is 0.498. The number of hydrazine groups is 1. The Morgan fingerprint density at radius 3 is 2.77 bits per heavy atom. The van der Waals surface area contributed by atoms with Crippen LogP contribution in [-0.4, -0.2) is 36.2 Å². The maximum Gasteiger partial charge on any atom is 0.245 e. The molecule has 2 amide bonds. The number of hydrogen-bond donors (Lipinski definition) is 2. The average Bonchev–Trinajstić information content (AvgIpc) is 3.14. The van der Waals surface area contributed by atoms with E-state index in [0.29, 0.717) is 18.8 Å². The molecule has 2 unspecified atom stereocenters. The lowest BCUT2D eigenvalue weighted by Gasteiger charge is -2.36. The van der Waals surface area contributed by atoms with Gasteiger partial charge in [-0.05, 0) is 60.7 Å². The first kappa shape index (κ1) is 23.4. The van der Waals surface area contributed by atoms with Gasteiger partial charge in [-0.15, -0.1) is 11.8 Å². The minimum absolute atomic E-state index is 0.127. The molecule has 0 aliphatic carbocycles. The largest absolute Gasteiger partial charge is 0.366 e. The molecule has 0 saturated carbocycles. The molecule has 3 aromatic carbocycles. The number of benzene rings is 3. The number of nitrogens with one attached hydrogen (secondary N) is 2. The van der Waals surface area contributed by atoms with Crippen LogP contribution >= 0.6 is 11.8 Å². The SMILES string of the molecule is CSc1cccc(NC(=O)CN2NC3c4cc(F)ccc4N(Cc4cccc(C)c4)CC3C2=O)c1. The molecule has 2 heterocycles. The van der Waals surface area contributed by atoms with Crippen LogP contribution < -0.4 is 15.6 Å². The van der Waals surface area contributed by atoms with Gasteiger partial charge >= 0.3 is 0 Å². The van der Waals surface area contributed by atoms with Gasteiger partial charge in [-0.1, -0.05) is 35.9 Å². The van der Waals surface area contributed by atoms with Gasteiger partial charge in [-0.2, -0.15) is 0 Å². The number of carbonyl (C=O) groups excluding carboxylic acids is 2. The number of amides is 2. The van der Waals surface area contributed by atoms with Crippen molar-refractivity contribution < 1.29 is 14.0 Å². The highest BCUT2D eigenvalue weighted by molar-refractivity contribution is 7.98. The zero-order valence-electron chi connectivity index (χ0n) is 19.6. The fourth-order valence-corrected chi connectivity index (χ4v) is 5.34. The Morgan fingerprint density at radius 1 is 1.14 bits per heavy atom. The zero-order chi connectivity index (χ0) is 24.5. The maximum absolute atomic E-state index is 14.3. The minimum atomic E-state index is -0.415. The molecule has 8 heteroatoms. The van der Waals surface area contributed by atoms with Crippen LogP contribution in [0.15, 0.2) is 71.6 Å². The summed E-state index contributed by atoms with van der Waals surface area (Å²) in [7, 11) is 0. The first-order valence-corrected chi connectivity index (χ1v) is 12.7. The highest BCUT2D eigenvalue weighted by Gasteiger charge is 2.46. The molecule has 2 aliphatic heterocycles. The molecule has 2 atom stereocenters. The van der Waals surface area contributed by atoms with Crippen molar-refractivity contribution in [1.82, 2.24) is 10.4 Å². The highest BCUT2D eigenvalue weighted by atomic mass is 32.2. The van der Waals surface area contributed by atoms with Gasteiger partial charge < -0.3 is 10.2 Å². The van der Waals surface area contributed by atoms with Crippen molar-refractivity contribution in [3.05, 3.63) is 89.2 Å². The fraction of sp³-hybridized carbons (Fsp3) is 0.259. The summed E-state index contributed by atoms with van der Waals surface area (Å²) in [5.41, 5.74) is 7.79. The Hall–Kier alpha value is -3.36. The molecule has 0 spiro atoms. The van der Waals surface area contributed by atoms with Crippen molar-refractivity contribution in [2.45, 2.75) is 24.4 Å². The number of carbonyl (C=O) groups is 2. The van der Waals surface area contributed by atoms with Crippen molar-refractivity contribution in [3.63, 3.8) is 0 Å². The molecule has 2 N–H and O–H groups in total. The fourth-order valence-electron chi connectivity index (χ4n) is 4.88. The number of fused-ring (bicyclic) bond motifs is 3. The van der Waals surface area contributed by atoms with Crippen molar-refractivity contribution in [2.75, 3.05) is 29.6 Å². The summed E-state index contributed by atoms with van der Waals surface area (Å²) >= 11 is 1.59. The van der Waals surface area contributed by atoms with Crippen molar-refractivity contribution >= 4 is 35.0 Å². The van der Waals surface area contributed by atoms with Gasteiger partial charge in [0.15, 0.2) is 0 Å². The van der Waals surface area contributed by atoms with Crippen LogP contribution in [0.3, 0.4) is 0 Å². The summed E-state index contributed by atoms with van der Waals surface area (Å²) in [5, 5.41) is 4.23. The summed E-state index contributed by atoms with van der Waals surface area (Å²) in [4.78, 5) is 29.2. The summed E-state index contributed by atoms with van der Waals surface area (Å²) in [5.74, 6) is -1.22. The van der Waals surface area contributed by atoms with E-state index < -0.39 is 5.92 Å². The van der Waals surface area contributed by atoms with Crippen LogP contribution in [0.2, 0.25) is 0 Å². The Kier molecular flexibility index (Phi) is 6.49. The van der Waals surface area contributed by atoms with Crippen molar-refractivity contribution in [2.24, 2.45) is 5.92 Å². The second-order valence-corrected chi connectivity index (χ2v) is 9.87. The van der Waals surface area contributed by atoms with Crippen LogP contribution in [-0.2, 0) is 16.1 Å². The molecule has 6 nitrogen and oxygen atoms in total. The number of halogens is 1. The van der Waals surface area contributed by atoms with E-state index in [1.807, 2.05) is 49.6 Å². The van der Waals surface area contributed by atoms with E-state index >= 15 is 0 Å². The third-order valence-electron chi connectivity index (χ3n) is 6.47. The van der Waals surface area contributed by atoms with Gasteiger partial charge in [0.1, 0.15) is 12.4 Å². The predicted molar refractivity (Wildman–Crippen MR) is 137 cm³/mol. The number of nitrogens with zero attached hydrogens (tertiary/aromatic N) is 2. The molecule has 0 radical (unpaired) electrons. The maximum atomic E-state index is 14.3. The molecule has 35 heavy (non-hydrogen) atoms. The molecular weight excluding hydrogens is 463 g/mol. The summed E-state index contributed by atoms with van der Waals surface area (Å²) < 4.78 is 14.3. The van der Waals surface area contributed by atoms with Crippen LogP contribution in [0.4, 0.5) is 15.8 Å². The Bertz CT molecular complexity index is 1280. The topological polar surface area (TPSA) is 64.7 Å². The summed E-state index contributed by atoms with van der Waals surface area (Å²) in [6, 6.07) is 20.1. The van der Waals surface area contributed by atoms with E-state index in [-0.39, 0.29) is 30.2 Å². The van der Waals surface area contributed by atoms with E-state index in [0.717, 1.165) is 27.3 Å². The lowest BCUT2D eigenvalue weighted by Crippen LogP contribution is -2.41. The van der Waals surface area contributed by atoms with Gasteiger partial charge in [0, 0.05) is 29.4 Å². The van der Waals surface area contributed by atoms with E-state index in [1.165, 1.54) is 17.1 Å². The lowest BCUT2D eigenvalue weighted by molar-refractivity contribution is -0.135. The van der Waals surface area contributed by atoms with Crippen LogP contribution in [0.5, 0.6) is 0 Å². The molecular formula is C27H27FN4O2S. The summed E-state index contributed by atoms with van der Waals surface area (Å²) in [6.07, 6.45) is 1.97. The average molecular weight is 491 g/mol. The Morgan fingerprint density at radius 2 is 1.97 bits per heavy atom. The van der Waals surface area contributed by atoms with Crippen molar-refractivity contribution in [1.29, 1.82) is 0 Å². The molecule has 0 bridgehead atoms. The zero-order valence-corrected chi connectivity index (χ0v) is 20.4. The van der Waals surface area contributed by atoms with E-state index in [4.69, 9.17) is 0 Å². The number of hydrogen-bond acceptors (Lipinski definition) is 5. The highest BCUT2D eigenvalue weighted by Crippen LogP contribution is 2.42. The second kappa shape index (κ2) is 9.71. The number of thioether (sulfide) groups is 1. The van der Waals surface area contributed by atoms with Crippen LogP contribution in [0.1, 0.15) is 22.7 Å². The van der Waals surface area contributed by atoms with Crippen LogP contribution in [0, 0.1) is 18.7 Å². The van der Waals surface area contributed by atoms with Gasteiger partial charge in [0.05, 0.1) is 12.0 Å². The molecule has 180 valence electrons. The Balaban J connectivity index is 1.35. The smallest absolute Gasteiger partial charge is 0.245 e. The predicted octanol–water partition coefficient (Wildman–Crippen LogP) is 4.52.